The SMILES string of the molecule is COc1ccc2c3c1O[C@H]1C(=O)CC[C@H]4[C@@H](C2)N(C)CC[C@]314.O=[N+]([O-])O. The lowest BCUT2D eigenvalue weighted by Gasteiger charge is -2.57. The minimum atomic E-state index is -1.50. The normalized spacial score (nSPS) is 33.5. The Morgan fingerprint density at radius 1 is 1.46 bits per heavy atom. The lowest BCUT2D eigenvalue weighted by atomic mass is 9.52. The molecule has 0 aromatic heterocycles. The van der Waals surface area contributed by atoms with Crippen molar-refractivity contribution >= 4 is 5.78 Å². The minimum Gasteiger partial charge on any atom is -0.493 e. The molecule has 2 bridgehead atoms. The molecule has 8 heteroatoms. The summed E-state index contributed by atoms with van der Waals surface area (Å²) < 4.78 is 11.8. The zero-order valence-corrected chi connectivity index (χ0v) is 14.8. The third-order valence-corrected chi connectivity index (χ3v) is 6.59. The zero-order chi connectivity index (χ0) is 18.6. The third-order valence-electron chi connectivity index (χ3n) is 6.59. The number of piperidine rings is 1. The Morgan fingerprint density at radius 2 is 2.19 bits per heavy atom. The van der Waals surface area contributed by atoms with Crippen LogP contribution < -0.4 is 9.47 Å². The van der Waals surface area contributed by atoms with Crippen LogP contribution in [0, 0.1) is 16.0 Å². The number of Topliss-reactive ketones (excluding diaryl/α,β-unsaturated/α-hetero) is 1. The Kier molecular flexibility index (Phi) is 3.83. The van der Waals surface area contributed by atoms with Gasteiger partial charge in [0.1, 0.15) is 0 Å². The van der Waals surface area contributed by atoms with Gasteiger partial charge in [-0.2, -0.15) is 0 Å². The van der Waals surface area contributed by atoms with E-state index in [2.05, 4.69) is 18.0 Å². The van der Waals surface area contributed by atoms with Crippen LogP contribution in [0.1, 0.15) is 30.4 Å². The molecule has 1 N–H and O–H groups in total. The topological polar surface area (TPSA) is 102 Å². The Balaban J connectivity index is 0.000000385. The average molecular weight is 362 g/mol. The summed E-state index contributed by atoms with van der Waals surface area (Å²) in [7, 11) is 3.91. The number of carbonyl (C=O) groups excluding carboxylic acids is 1. The van der Waals surface area contributed by atoms with Crippen LogP contribution in [-0.2, 0) is 16.6 Å². The maximum atomic E-state index is 12.6. The van der Waals surface area contributed by atoms with Crippen molar-refractivity contribution in [3.63, 3.8) is 0 Å². The van der Waals surface area contributed by atoms with E-state index in [0.29, 0.717) is 18.4 Å². The van der Waals surface area contributed by atoms with E-state index in [-0.39, 0.29) is 17.3 Å². The summed E-state index contributed by atoms with van der Waals surface area (Å²) in [6, 6.07) is 4.73. The molecule has 1 aromatic carbocycles. The molecule has 2 aliphatic carbocycles. The minimum absolute atomic E-state index is 0.0933. The first-order chi connectivity index (χ1) is 12.4. The van der Waals surface area contributed by atoms with Crippen molar-refractivity contribution in [2.75, 3.05) is 20.7 Å². The maximum absolute atomic E-state index is 12.6. The van der Waals surface area contributed by atoms with Crippen LogP contribution in [0.2, 0.25) is 0 Å². The monoisotopic (exact) mass is 362 g/mol. The van der Waals surface area contributed by atoms with E-state index in [9.17, 15) is 4.79 Å². The van der Waals surface area contributed by atoms with Crippen LogP contribution in [0.4, 0.5) is 0 Å². The first-order valence-corrected chi connectivity index (χ1v) is 8.83. The van der Waals surface area contributed by atoms with Crippen molar-refractivity contribution < 1.29 is 24.6 Å². The molecule has 5 rings (SSSR count). The molecule has 1 spiro atoms. The lowest BCUT2D eigenvalue weighted by molar-refractivity contribution is -0.742. The van der Waals surface area contributed by atoms with Gasteiger partial charge in [-0.1, -0.05) is 6.07 Å². The van der Waals surface area contributed by atoms with Gasteiger partial charge in [0.15, 0.2) is 23.4 Å². The number of hydrogen-bond donors (Lipinski definition) is 1. The molecule has 0 radical (unpaired) electrons. The summed E-state index contributed by atoms with van der Waals surface area (Å²) in [6.07, 6.45) is 3.47. The van der Waals surface area contributed by atoms with E-state index < -0.39 is 5.09 Å². The highest BCUT2D eigenvalue weighted by Crippen LogP contribution is 2.62. The van der Waals surface area contributed by atoms with Crippen molar-refractivity contribution in [1.29, 1.82) is 0 Å². The molecule has 26 heavy (non-hydrogen) atoms. The highest BCUT2D eigenvalue weighted by molar-refractivity contribution is 5.89. The van der Waals surface area contributed by atoms with E-state index in [1.54, 1.807) is 7.11 Å². The third kappa shape index (κ3) is 2.14. The van der Waals surface area contributed by atoms with Crippen molar-refractivity contribution in [3.8, 4) is 11.5 Å². The van der Waals surface area contributed by atoms with Gasteiger partial charge in [-0.15, -0.1) is 10.1 Å². The largest absolute Gasteiger partial charge is 0.493 e. The number of hydrogen-bond acceptors (Lipinski definition) is 6. The molecule has 0 amide bonds. The summed E-state index contributed by atoms with van der Waals surface area (Å²) in [5.74, 6) is 2.46. The molecule has 1 saturated carbocycles. The number of ketones is 1. The molecule has 2 fully saturated rings. The molecular formula is C18H22N2O6. The Bertz CT molecular complexity index is 777. The van der Waals surface area contributed by atoms with Gasteiger partial charge < -0.3 is 19.6 Å². The first kappa shape index (κ1) is 17.1. The van der Waals surface area contributed by atoms with Crippen LogP contribution in [0.15, 0.2) is 12.1 Å². The molecule has 1 saturated heterocycles. The number of likely N-dealkylation sites (N-methyl/N-ethyl adjacent to an activating group) is 1. The number of methoxy groups -OCH3 is 1. The van der Waals surface area contributed by atoms with Crippen molar-refractivity contribution in [2.24, 2.45) is 5.92 Å². The number of carbonyl (C=O) groups is 1. The van der Waals surface area contributed by atoms with Gasteiger partial charge in [-0.25, -0.2) is 0 Å². The average Bonchev–Trinajstić information content (AvgIpc) is 2.94. The number of rotatable bonds is 1. The Morgan fingerprint density at radius 3 is 2.88 bits per heavy atom. The Hall–Kier alpha value is -2.35. The number of likely N-dealkylation sites (tertiary alicyclic amines) is 1. The van der Waals surface area contributed by atoms with Crippen molar-refractivity contribution in [1.82, 2.24) is 4.90 Å². The van der Waals surface area contributed by atoms with Crippen LogP contribution in [0.3, 0.4) is 0 Å². The van der Waals surface area contributed by atoms with Gasteiger partial charge in [0, 0.05) is 23.4 Å². The van der Waals surface area contributed by atoms with Crippen LogP contribution in [0.25, 0.3) is 0 Å². The summed E-state index contributed by atoms with van der Waals surface area (Å²) in [6.45, 7) is 1.05. The fraction of sp³-hybridized carbons (Fsp3) is 0.611. The van der Waals surface area contributed by atoms with Gasteiger partial charge in [0.2, 0.25) is 0 Å². The second-order valence-electron chi connectivity index (χ2n) is 7.52. The summed E-state index contributed by atoms with van der Waals surface area (Å²) in [5.41, 5.74) is 2.57. The highest BCUT2D eigenvalue weighted by atomic mass is 16.9. The van der Waals surface area contributed by atoms with Crippen LogP contribution in [-0.4, -0.2) is 53.8 Å². The standard InChI is InChI=1S/C18H21NO3.HNO3/c1-19-8-7-18-11-4-5-13(20)17(18)22-16-14(21-2)6-3-10(15(16)18)9-12(11)19;2-1(3)4/h3,6,11-12,17H,4-5,7-9H2,1-2H3;(H,2,3,4)/t11-,12+,17-,18-;/m0./s1. The first-order valence-electron chi connectivity index (χ1n) is 8.83. The van der Waals surface area contributed by atoms with E-state index >= 15 is 0 Å². The van der Waals surface area contributed by atoms with Gasteiger partial charge in [0.25, 0.3) is 5.09 Å². The number of ether oxygens (including phenoxy) is 2. The summed E-state index contributed by atoms with van der Waals surface area (Å²) >= 11 is 0. The zero-order valence-electron chi connectivity index (χ0n) is 14.8. The Labute approximate surface area is 150 Å². The summed E-state index contributed by atoms with van der Waals surface area (Å²) in [5, 5.41) is 13.6. The lowest BCUT2D eigenvalue weighted by Crippen LogP contribution is -2.65. The van der Waals surface area contributed by atoms with Crippen molar-refractivity contribution in [3.05, 3.63) is 33.4 Å². The van der Waals surface area contributed by atoms with Gasteiger partial charge in [-0.05, 0) is 50.4 Å². The number of benzene rings is 1. The molecule has 0 unspecified atom stereocenters. The second kappa shape index (κ2) is 5.84. The molecule has 2 aliphatic heterocycles. The van der Waals surface area contributed by atoms with E-state index in [4.69, 9.17) is 24.8 Å². The summed E-state index contributed by atoms with van der Waals surface area (Å²) in [4.78, 5) is 23.5. The predicted molar refractivity (Wildman–Crippen MR) is 90.3 cm³/mol. The quantitative estimate of drug-likeness (QED) is 0.598. The molecule has 1 aromatic rings. The molecule has 8 nitrogen and oxygen atoms in total. The van der Waals surface area contributed by atoms with E-state index in [1.165, 1.54) is 11.1 Å². The van der Waals surface area contributed by atoms with E-state index in [0.717, 1.165) is 37.3 Å². The van der Waals surface area contributed by atoms with E-state index in [1.807, 2.05) is 6.07 Å². The molecule has 2 heterocycles. The van der Waals surface area contributed by atoms with Crippen LogP contribution >= 0.6 is 0 Å². The molecule has 4 atom stereocenters. The fourth-order valence-corrected chi connectivity index (χ4v) is 5.67. The molecule has 4 aliphatic rings. The van der Waals surface area contributed by atoms with Gasteiger partial charge in [-0.3, -0.25) is 4.79 Å². The van der Waals surface area contributed by atoms with Crippen molar-refractivity contribution in [2.45, 2.75) is 43.2 Å². The van der Waals surface area contributed by atoms with Gasteiger partial charge in [0.05, 0.1) is 7.11 Å². The fourth-order valence-electron chi connectivity index (χ4n) is 5.67. The second-order valence-corrected chi connectivity index (χ2v) is 7.52. The smallest absolute Gasteiger partial charge is 0.291 e. The van der Waals surface area contributed by atoms with Crippen LogP contribution in [0.5, 0.6) is 11.5 Å². The number of nitrogens with zero attached hydrogens (tertiary/aromatic N) is 2. The van der Waals surface area contributed by atoms with Gasteiger partial charge >= 0.3 is 0 Å². The molecule has 140 valence electrons. The molecular weight excluding hydrogens is 340 g/mol. The maximum Gasteiger partial charge on any atom is 0.291 e. The predicted octanol–water partition coefficient (Wildman–Crippen LogP) is 1.59. The highest BCUT2D eigenvalue weighted by Gasteiger charge is 2.65.